The first-order chi connectivity index (χ1) is 6.70. The summed E-state index contributed by atoms with van der Waals surface area (Å²) in [5, 5.41) is 8.96. The normalized spacial score (nSPS) is 26.6. The van der Waals surface area contributed by atoms with Crippen LogP contribution in [-0.2, 0) is 16.6 Å². The number of ether oxygens (including phenoxy) is 1. The highest BCUT2D eigenvalue weighted by molar-refractivity contribution is 5.71. The summed E-state index contributed by atoms with van der Waals surface area (Å²) in [6, 6.07) is 0. The van der Waals surface area contributed by atoms with E-state index in [9.17, 15) is 4.79 Å². The van der Waals surface area contributed by atoms with Crippen LogP contribution in [0.15, 0.2) is 12.5 Å². The molecule has 14 heavy (non-hydrogen) atoms. The maximum Gasteiger partial charge on any atom is 0.309 e. The van der Waals surface area contributed by atoms with Crippen LogP contribution in [0.25, 0.3) is 0 Å². The van der Waals surface area contributed by atoms with Gasteiger partial charge < -0.3 is 14.4 Å². The van der Waals surface area contributed by atoms with Gasteiger partial charge in [-0.2, -0.15) is 0 Å². The maximum atomic E-state index is 10.9. The number of imidazole rings is 1. The molecule has 2 rings (SSSR count). The Hall–Kier alpha value is -1.36. The predicted molar refractivity (Wildman–Crippen MR) is 47.6 cm³/mol. The van der Waals surface area contributed by atoms with E-state index in [4.69, 9.17) is 9.84 Å². The van der Waals surface area contributed by atoms with E-state index in [0.29, 0.717) is 13.0 Å². The molecule has 1 N–H and O–H groups in total. The first-order valence-electron chi connectivity index (χ1n) is 4.51. The molecule has 2 atom stereocenters. The Morgan fingerprint density at radius 2 is 2.57 bits per heavy atom. The van der Waals surface area contributed by atoms with Gasteiger partial charge in [-0.1, -0.05) is 0 Å². The van der Waals surface area contributed by atoms with Gasteiger partial charge in [0.05, 0.1) is 24.1 Å². The monoisotopic (exact) mass is 196 g/mol. The summed E-state index contributed by atoms with van der Waals surface area (Å²) in [4.78, 5) is 14.9. The van der Waals surface area contributed by atoms with Gasteiger partial charge in [-0.15, -0.1) is 0 Å². The zero-order chi connectivity index (χ0) is 10.1. The highest BCUT2D eigenvalue weighted by Crippen LogP contribution is 2.33. The van der Waals surface area contributed by atoms with E-state index in [0.717, 1.165) is 5.69 Å². The van der Waals surface area contributed by atoms with Gasteiger partial charge in [-0.3, -0.25) is 4.79 Å². The van der Waals surface area contributed by atoms with Crippen LogP contribution in [-0.4, -0.2) is 27.2 Å². The second kappa shape index (κ2) is 3.42. The highest BCUT2D eigenvalue weighted by Gasteiger charge is 2.36. The van der Waals surface area contributed by atoms with Crippen molar-refractivity contribution in [2.45, 2.75) is 12.5 Å². The van der Waals surface area contributed by atoms with E-state index in [-0.39, 0.29) is 6.10 Å². The molecule has 1 aliphatic heterocycles. The SMILES string of the molecule is Cn1cncc1C1OCCC1C(=O)O. The van der Waals surface area contributed by atoms with Crippen molar-refractivity contribution in [2.75, 3.05) is 6.61 Å². The third kappa shape index (κ3) is 1.39. The number of aryl methyl sites for hydroxylation is 1. The van der Waals surface area contributed by atoms with Crippen molar-refractivity contribution in [3.8, 4) is 0 Å². The maximum absolute atomic E-state index is 10.9. The number of carboxylic acid groups (broad SMARTS) is 1. The predicted octanol–water partition coefficient (Wildman–Crippen LogP) is 0.582. The summed E-state index contributed by atoms with van der Waals surface area (Å²) in [7, 11) is 1.84. The topological polar surface area (TPSA) is 64.4 Å². The molecule has 1 aromatic rings. The Morgan fingerprint density at radius 1 is 1.79 bits per heavy atom. The van der Waals surface area contributed by atoms with Gasteiger partial charge in [0.15, 0.2) is 0 Å². The van der Waals surface area contributed by atoms with E-state index >= 15 is 0 Å². The van der Waals surface area contributed by atoms with E-state index < -0.39 is 11.9 Å². The molecule has 1 saturated heterocycles. The third-order valence-electron chi connectivity index (χ3n) is 2.55. The molecule has 0 amide bonds. The van der Waals surface area contributed by atoms with E-state index in [2.05, 4.69) is 4.98 Å². The molecule has 5 nitrogen and oxygen atoms in total. The van der Waals surface area contributed by atoms with E-state index in [1.54, 1.807) is 17.1 Å². The van der Waals surface area contributed by atoms with Gasteiger partial charge in [-0.05, 0) is 6.42 Å². The zero-order valence-electron chi connectivity index (χ0n) is 7.88. The summed E-state index contributed by atoms with van der Waals surface area (Å²) in [6.07, 6.45) is 3.53. The number of aliphatic carboxylic acids is 1. The van der Waals surface area contributed by atoms with Gasteiger partial charge >= 0.3 is 5.97 Å². The molecule has 0 aromatic carbocycles. The molecule has 0 bridgehead atoms. The molecule has 2 unspecified atom stereocenters. The molecule has 0 saturated carbocycles. The smallest absolute Gasteiger partial charge is 0.309 e. The van der Waals surface area contributed by atoms with Crippen molar-refractivity contribution in [1.29, 1.82) is 0 Å². The second-order valence-corrected chi connectivity index (χ2v) is 3.45. The van der Waals surface area contributed by atoms with Crippen molar-refractivity contribution < 1.29 is 14.6 Å². The molecule has 0 aliphatic carbocycles. The molecule has 0 radical (unpaired) electrons. The standard InChI is InChI=1S/C9H12N2O3/c1-11-5-10-4-7(11)8-6(9(12)13)2-3-14-8/h4-6,8H,2-3H2,1H3,(H,12,13). The lowest BCUT2D eigenvalue weighted by atomic mass is 10.00. The average molecular weight is 196 g/mol. The second-order valence-electron chi connectivity index (χ2n) is 3.45. The Kier molecular flexibility index (Phi) is 2.25. The summed E-state index contributed by atoms with van der Waals surface area (Å²) < 4.78 is 7.21. The minimum absolute atomic E-state index is 0.347. The minimum Gasteiger partial charge on any atom is -0.481 e. The summed E-state index contributed by atoms with van der Waals surface area (Å²) in [6.45, 7) is 0.507. The fourth-order valence-electron chi connectivity index (χ4n) is 1.78. The van der Waals surface area contributed by atoms with E-state index in [1.807, 2.05) is 7.05 Å². The lowest BCUT2D eigenvalue weighted by Crippen LogP contribution is -2.19. The van der Waals surface area contributed by atoms with Gasteiger partial charge in [-0.25, -0.2) is 4.98 Å². The lowest BCUT2D eigenvalue weighted by molar-refractivity contribution is -0.143. The Balaban J connectivity index is 2.26. The van der Waals surface area contributed by atoms with Crippen LogP contribution in [0.1, 0.15) is 18.2 Å². The number of rotatable bonds is 2. The minimum atomic E-state index is -0.797. The van der Waals surface area contributed by atoms with Crippen molar-refractivity contribution in [3.05, 3.63) is 18.2 Å². The van der Waals surface area contributed by atoms with Crippen molar-refractivity contribution in [2.24, 2.45) is 13.0 Å². The van der Waals surface area contributed by atoms with Crippen LogP contribution in [0.3, 0.4) is 0 Å². The number of hydrogen-bond donors (Lipinski definition) is 1. The van der Waals surface area contributed by atoms with Crippen LogP contribution in [0.5, 0.6) is 0 Å². The largest absolute Gasteiger partial charge is 0.481 e. The van der Waals surface area contributed by atoms with Crippen molar-refractivity contribution in [1.82, 2.24) is 9.55 Å². The first kappa shape index (κ1) is 9.21. The number of hydrogen-bond acceptors (Lipinski definition) is 3. The molecule has 76 valence electrons. The highest BCUT2D eigenvalue weighted by atomic mass is 16.5. The number of aromatic nitrogens is 2. The van der Waals surface area contributed by atoms with E-state index in [1.165, 1.54) is 0 Å². The molecule has 0 spiro atoms. The molecule has 1 aromatic heterocycles. The van der Waals surface area contributed by atoms with Gasteiger partial charge in [0.25, 0.3) is 0 Å². The number of carbonyl (C=O) groups is 1. The quantitative estimate of drug-likeness (QED) is 0.751. The Labute approximate surface area is 81.3 Å². The van der Waals surface area contributed by atoms with Crippen LogP contribution >= 0.6 is 0 Å². The zero-order valence-corrected chi connectivity index (χ0v) is 7.88. The number of nitrogens with zero attached hydrogens (tertiary/aromatic N) is 2. The number of carboxylic acids is 1. The van der Waals surface area contributed by atoms with Crippen LogP contribution in [0, 0.1) is 5.92 Å². The Bertz CT molecular complexity index is 348. The first-order valence-corrected chi connectivity index (χ1v) is 4.51. The van der Waals surface area contributed by atoms with Crippen LogP contribution in [0.2, 0.25) is 0 Å². The van der Waals surface area contributed by atoms with Gasteiger partial charge in [0.2, 0.25) is 0 Å². The van der Waals surface area contributed by atoms with Gasteiger partial charge in [0, 0.05) is 13.7 Å². The third-order valence-corrected chi connectivity index (χ3v) is 2.55. The Morgan fingerprint density at radius 3 is 3.14 bits per heavy atom. The molecular formula is C9H12N2O3. The van der Waals surface area contributed by atoms with Gasteiger partial charge in [0.1, 0.15) is 6.10 Å². The summed E-state index contributed by atoms with van der Waals surface area (Å²) in [5.74, 6) is -1.24. The molecule has 2 heterocycles. The van der Waals surface area contributed by atoms with Crippen LogP contribution < -0.4 is 0 Å². The van der Waals surface area contributed by atoms with Crippen molar-refractivity contribution in [3.63, 3.8) is 0 Å². The van der Waals surface area contributed by atoms with Crippen LogP contribution in [0.4, 0.5) is 0 Å². The molecule has 1 fully saturated rings. The average Bonchev–Trinajstić information content (AvgIpc) is 2.70. The lowest BCUT2D eigenvalue weighted by Gasteiger charge is -2.14. The fraction of sp³-hybridized carbons (Fsp3) is 0.556. The molecule has 1 aliphatic rings. The molecular weight excluding hydrogens is 184 g/mol. The molecule has 5 heteroatoms. The van der Waals surface area contributed by atoms with Crippen molar-refractivity contribution >= 4 is 5.97 Å². The fourth-order valence-corrected chi connectivity index (χ4v) is 1.78. The summed E-state index contributed by atoms with van der Waals surface area (Å²) >= 11 is 0. The summed E-state index contributed by atoms with van der Waals surface area (Å²) in [5.41, 5.74) is 0.829.